The van der Waals surface area contributed by atoms with Crippen LogP contribution in [-0.2, 0) is 18.6 Å². The van der Waals surface area contributed by atoms with Gasteiger partial charge in [0.25, 0.3) is 0 Å². The largest absolute Gasteiger partial charge is 0.469 e. The van der Waals surface area contributed by atoms with E-state index < -0.39 is 15.0 Å². The minimum Gasteiger partial charge on any atom is -0.469 e. The van der Waals surface area contributed by atoms with Gasteiger partial charge in [0, 0.05) is 17.1 Å². The lowest BCUT2D eigenvalue weighted by Crippen LogP contribution is -2.04. The number of hydrogen-bond donors (Lipinski definition) is 0. The van der Waals surface area contributed by atoms with Gasteiger partial charge in [0.15, 0.2) is 0 Å². The first-order chi connectivity index (χ1) is 4.95. The van der Waals surface area contributed by atoms with E-state index >= 15 is 0 Å². The summed E-state index contributed by atoms with van der Waals surface area (Å²) in [5.74, 6) is -0.616. The lowest BCUT2D eigenvalue weighted by molar-refractivity contribution is -0.140. The van der Waals surface area contributed by atoms with Crippen molar-refractivity contribution in [2.24, 2.45) is 0 Å². The second kappa shape index (κ2) is 4.56. The topological polar surface area (TPSA) is 60.4 Å². The lowest BCUT2D eigenvalue weighted by atomic mass is 10.3. The van der Waals surface area contributed by atoms with Gasteiger partial charge in [-0.15, -0.1) is 0 Å². The van der Waals surface area contributed by atoms with Crippen LogP contribution >= 0.6 is 10.7 Å². The van der Waals surface area contributed by atoms with Gasteiger partial charge in [0.2, 0.25) is 9.05 Å². The molecule has 0 aromatic heterocycles. The van der Waals surface area contributed by atoms with Crippen molar-refractivity contribution in [3.8, 4) is 0 Å². The van der Waals surface area contributed by atoms with Crippen LogP contribution < -0.4 is 0 Å². The van der Waals surface area contributed by atoms with Crippen molar-refractivity contribution >= 4 is 25.7 Å². The zero-order valence-electron chi connectivity index (χ0n) is 6.04. The predicted octanol–water partition coefficient (Wildman–Crippen LogP) is 0.508. The molecule has 0 saturated carbocycles. The Morgan fingerprint density at radius 2 is 2.09 bits per heavy atom. The molecule has 0 aliphatic rings. The van der Waals surface area contributed by atoms with E-state index in [2.05, 4.69) is 4.74 Å². The average molecular weight is 201 g/mol. The maximum absolute atomic E-state index is 10.4. The molecule has 0 unspecified atom stereocenters. The molecule has 0 atom stereocenters. The molecule has 0 aromatic carbocycles. The molecule has 11 heavy (non-hydrogen) atoms. The normalized spacial score (nSPS) is 11.1. The molecular formula is C5H9ClO4S. The van der Waals surface area contributed by atoms with E-state index in [1.54, 1.807) is 0 Å². The van der Waals surface area contributed by atoms with E-state index in [1.165, 1.54) is 7.11 Å². The molecule has 0 aliphatic heterocycles. The number of rotatable bonds is 4. The maximum Gasteiger partial charge on any atom is 0.305 e. The van der Waals surface area contributed by atoms with Crippen LogP contribution in [-0.4, -0.2) is 27.2 Å². The monoisotopic (exact) mass is 200 g/mol. The highest BCUT2D eigenvalue weighted by molar-refractivity contribution is 8.13. The van der Waals surface area contributed by atoms with Gasteiger partial charge in [0.1, 0.15) is 0 Å². The number of methoxy groups -OCH3 is 1. The predicted molar refractivity (Wildman–Crippen MR) is 40.9 cm³/mol. The van der Waals surface area contributed by atoms with Gasteiger partial charge in [-0.2, -0.15) is 0 Å². The number of carbonyl (C=O) groups excluding carboxylic acids is 1. The van der Waals surface area contributed by atoms with Gasteiger partial charge in [-0.05, 0) is 6.42 Å². The van der Waals surface area contributed by atoms with E-state index in [0.29, 0.717) is 0 Å². The van der Waals surface area contributed by atoms with Crippen molar-refractivity contribution in [2.45, 2.75) is 12.8 Å². The smallest absolute Gasteiger partial charge is 0.305 e. The summed E-state index contributed by atoms with van der Waals surface area (Å²) in [6.45, 7) is 0. The molecular weight excluding hydrogens is 192 g/mol. The quantitative estimate of drug-likeness (QED) is 0.490. The van der Waals surface area contributed by atoms with Gasteiger partial charge in [-0.25, -0.2) is 8.42 Å². The van der Waals surface area contributed by atoms with Gasteiger partial charge < -0.3 is 4.74 Å². The average Bonchev–Trinajstić information content (AvgIpc) is 1.85. The summed E-state index contributed by atoms with van der Waals surface area (Å²) in [7, 11) is 2.66. The molecule has 0 heterocycles. The summed E-state index contributed by atoms with van der Waals surface area (Å²) in [6.07, 6.45) is 0.293. The van der Waals surface area contributed by atoms with E-state index in [9.17, 15) is 13.2 Å². The molecule has 0 N–H and O–H groups in total. The number of ether oxygens (including phenoxy) is 1. The third-order valence-corrected chi connectivity index (χ3v) is 2.24. The molecule has 0 fully saturated rings. The van der Waals surface area contributed by atoms with Crippen molar-refractivity contribution in [2.75, 3.05) is 12.9 Å². The van der Waals surface area contributed by atoms with E-state index in [0.717, 1.165) is 0 Å². The minimum absolute atomic E-state index is 0.0858. The van der Waals surface area contributed by atoms with Crippen LogP contribution in [0.3, 0.4) is 0 Å². The molecule has 0 aliphatic carbocycles. The van der Waals surface area contributed by atoms with Crippen LogP contribution in [0.4, 0.5) is 0 Å². The molecule has 0 radical (unpaired) electrons. The Labute approximate surface area is 69.9 Å². The maximum atomic E-state index is 10.4. The molecule has 0 amide bonds. The fourth-order valence-corrected chi connectivity index (χ4v) is 1.31. The van der Waals surface area contributed by atoms with Crippen LogP contribution in [0.5, 0.6) is 0 Å². The molecule has 6 heteroatoms. The summed E-state index contributed by atoms with van der Waals surface area (Å²) in [6, 6.07) is 0. The van der Waals surface area contributed by atoms with Crippen molar-refractivity contribution < 1.29 is 17.9 Å². The first-order valence-electron chi connectivity index (χ1n) is 2.95. The fraction of sp³-hybridized carbons (Fsp3) is 0.800. The third-order valence-electron chi connectivity index (χ3n) is 0.997. The Bertz CT molecular complexity index is 221. The highest BCUT2D eigenvalue weighted by Gasteiger charge is 2.06. The number of esters is 1. The zero-order chi connectivity index (χ0) is 8.91. The Morgan fingerprint density at radius 1 is 1.55 bits per heavy atom. The van der Waals surface area contributed by atoms with Gasteiger partial charge in [-0.3, -0.25) is 4.79 Å². The molecule has 0 rings (SSSR count). The number of halogens is 1. The Hall–Kier alpha value is -0.290. The lowest BCUT2D eigenvalue weighted by Gasteiger charge is -1.96. The minimum atomic E-state index is -3.46. The molecule has 4 nitrogen and oxygen atoms in total. The second-order valence-electron chi connectivity index (χ2n) is 1.92. The van der Waals surface area contributed by atoms with Crippen molar-refractivity contribution in [3.63, 3.8) is 0 Å². The van der Waals surface area contributed by atoms with Crippen LogP contribution in [0.15, 0.2) is 0 Å². The fourth-order valence-electron chi connectivity index (χ4n) is 0.491. The van der Waals surface area contributed by atoms with Gasteiger partial charge >= 0.3 is 5.97 Å². The van der Waals surface area contributed by atoms with Crippen molar-refractivity contribution in [1.82, 2.24) is 0 Å². The van der Waals surface area contributed by atoms with Crippen LogP contribution in [0, 0.1) is 0 Å². The summed E-state index contributed by atoms with van der Waals surface area (Å²) < 4.78 is 24.9. The highest BCUT2D eigenvalue weighted by Crippen LogP contribution is 2.01. The summed E-state index contributed by atoms with van der Waals surface area (Å²) in [5.41, 5.74) is 0. The van der Waals surface area contributed by atoms with Gasteiger partial charge in [-0.1, -0.05) is 0 Å². The third kappa shape index (κ3) is 7.61. The second-order valence-corrected chi connectivity index (χ2v) is 4.82. The molecule has 66 valence electrons. The van der Waals surface area contributed by atoms with Crippen LogP contribution in [0.25, 0.3) is 0 Å². The number of carbonyl (C=O) groups is 1. The first-order valence-corrected chi connectivity index (χ1v) is 5.42. The Balaban J connectivity index is 3.51. The highest BCUT2D eigenvalue weighted by atomic mass is 35.7. The van der Waals surface area contributed by atoms with E-state index in [-0.39, 0.29) is 18.6 Å². The summed E-state index contributed by atoms with van der Waals surface area (Å²) in [4.78, 5) is 10.4. The van der Waals surface area contributed by atoms with Crippen LogP contribution in [0.1, 0.15) is 12.8 Å². The van der Waals surface area contributed by atoms with Crippen LogP contribution in [0.2, 0.25) is 0 Å². The standard InChI is InChI=1S/C5H9ClO4S/c1-10-5(7)3-2-4-11(6,8)9/h2-4H2,1H3. The first kappa shape index (κ1) is 10.7. The SMILES string of the molecule is COC(=O)CCCS(=O)(=O)Cl. The van der Waals surface area contributed by atoms with Gasteiger partial charge in [0.05, 0.1) is 12.9 Å². The molecule has 0 spiro atoms. The number of hydrogen-bond acceptors (Lipinski definition) is 4. The van der Waals surface area contributed by atoms with E-state index in [1.807, 2.05) is 0 Å². The zero-order valence-corrected chi connectivity index (χ0v) is 7.61. The Kier molecular flexibility index (Phi) is 4.44. The van der Waals surface area contributed by atoms with E-state index in [4.69, 9.17) is 10.7 Å². The molecule has 0 aromatic rings. The molecule has 0 bridgehead atoms. The summed E-state index contributed by atoms with van der Waals surface area (Å²) >= 11 is 0. The molecule has 0 saturated heterocycles. The van der Waals surface area contributed by atoms with Crippen molar-refractivity contribution in [1.29, 1.82) is 0 Å². The summed E-state index contributed by atoms with van der Waals surface area (Å²) in [5, 5.41) is 0. The Morgan fingerprint density at radius 3 is 2.45 bits per heavy atom. The van der Waals surface area contributed by atoms with Crippen molar-refractivity contribution in [3.05, 3.63) is 0 Å².